The topological polar surface area (TPSA) is 27.7 Å². The van der Waals surface area contributed by atoms with Gasteiger partial charge in [-0.25, -0.2) is 0 Å². The largest absolute Gasteiger partial charge is 0.637 e. The quantitative estimate of drug-likeness (QED) is 0.473. The van der Waals surface area contributed by atoms with E-state index in [1.807, 2.05) is 37.3 Å². The van der Waals surface area contributed by atoms with Gasteiger partial charge in [0.1, 0.15) is 5.75 Å². The van der Waals surface area contributed by atoms with Crippen molar-refractivity contribution in [1.29, 1.82) is 0 Å². The zero-order valence-electron chi connectivity index (χ0n) is 8.20. The van der Waals surface area contributed by atoms with Crippen LogP contribution >= 0.6 is 21.8 Å². The molecule has 1 aromatic carbocycles. The third kappa shape index (κ3) is 3.56. The number of halogens is 1. The predicted octanol–water partition coefficient (Wildman–Crippen LogP) is 2.62. The van der Waals surface area contributed by atoms with Crippen molar-refractivity contribution in [3.63, 3.8) is 0 Å². The highest BCUT2D eigenvalue weighted by Crippen LogP contribution is 2.21. The van der Waals surface area contributed by atoms with Gasteiger partial charge in [0.05, 0.1) is 0 Å². The SMILES string of the molecule is CCO[Si](I)(OC)Oc1ccccc1. The molecule has 1 atom stereocenters. The fraction of sp³-hybridized carbons (Fsp3) is 0.333. The molecule has 0 N–H and O–H groups in total. The van der Waals surface area contributed by atoms with Crippen LogP contribution in [0, 0.1) is 0 Å². The molecule has 0 radical (unpaired) electrons. The minimum atomic E-state index is -2.49. The molecule has 1 unspecified atom stereocenters. The summed E-state index contributed by atoms with van der Waals surface area (Å²) < 4.78 is 16.4. The van der Waals surface area contributed by atoms with E-state index in [4.69, 9.17) is 13.3 Å². The zero-order chi connectivity index (χ0) is 10.4. The molecule has 1 aromatic rings. The van der Waals surface area contributed by atoms with Crippen molar-refractivity contribution < 1.29 is 13.3 Å². The molecule has 5 heteroatoms. The molecule has 1 rings (SSSR count). The average Bonchev–Trinajstić information content (AvgIpc) is 2.20. The Morgan fingerprint density at radius 2 is 1.93 bits per heavy atom. The van der Waals surface area contributed by atoms with E-state index in [2.05, 4.69) is 21.8 Å². The van der Waals surface area contributed by atoms with Crippen LogP contribution in [-0.4, -0.2) is 20.0 Å². The lowest BCUT2D eigenvalue weighted by Gasteiger charge is -2.21. The van der Waals surface area contributed by atoms with E-state index < -0.39 is 6.30 Å². The highest BCUT2D eigenvalue weighted by molar-refractivity contribution is 14.1. The summed E-state index contributed by atoms with van der Waals surface area (Å²) in [6.45, 7) is 2.52. The van der Waals surface area contributed by atoms with Crippen molar-refractivity contribution in [1.82, 2.24) is 0 Å². The highest BCUT2D eigenvalue weighted by atomic mass is 127. The van der Waals surface area contributed by atoms with Crippen LogP contribution in [0.4, 0.5) is 0 Å². The molecule has 0 spiro atoms. The van der Waals surface area contributed by atoms with Crippen molar-refractivity contribution in [2.24, 2.45) is 0 Å². The molecular weight excluding hydrogens is 311 g/mol. The molecule has 0 aliphatic heterocycles. The van der Waals surface area contributed by atoms with Crippen molar-refractivity contribution in [3.8, 4) is 5.75 Å². The summed E-state index contributed by atoms with van der Waals surface area (Å²) in [5.41, 5.74) is 0. The summed E-state index contributed by atoms with van der Waals surface area (Å²) >= 11 is 2.11. The average molecular weight is 324 g/mol. The lowest BCUT2D eigenvalue weighted by Crippen LogP contribution is -2.41. The van der Waals surface area contributed by atoms with Gasteiger partial charge in [-0.1, -0.05) is 18.2 Å². The zero-order valence-corrected chi connectivity index (χ0v) is 11.4. The van der Waals surface area contributed by atoms with Crippen LogP contribution in [0.5, 0.6) is 5.75 Å². The van der Waals surface area contributed by atoms with Gasteiger partial charge in [0, 0.05) is 35.5 Å². The molecule has 0 saturated carbocycles. The van der Waals surface area contributed by atoms with Crippen molar-refractivity contribution in [2.45, 2.75) is 6.92 Å². The molecule has 0 saturated heterocycles. The van der Waals surface area contributed by atoms with Crippen LogP contribution in [0.3, 0.4) is 0 Å². The first-order valence-corrected chi connectivity index (χ1v) is 9.16. The molecule has 3 nitrogen and oxygen atoms in total. The number of benzene rings is 1. The first kappa shape index (κ1) is 12.0. The minimum absolute atomic E-state index is 0.593. The van der Waals surface area contributed by atoms with Gasteiger partial charge in [-0.2, -0.15) is 0 Å². The van der Waals surface area contributed by atoms with Gasteiger partial charge in [-0.05, 0) is 19.1 Å². The summed E-state index contributed by atoms with van der Waals surface area (Å²) in [6.07, 6.45) is -2.49. The monoisotopic (exact) mass is 324 g/mol. The first-order valence-electron chi connectivity index (χ1n) is 4.32. The Labute approximate surface area is 98.0 Å². The van der Waals surface area contributed by atoms with Crippen LogP contribution < -0.4 is 4.43 Å². The van der Waals surface area contributed by atoms with E-state index in [1.165, 1.54) is 0 Å². The predicted molar refractivity (Wildman–Crippen MR) is 65.5 cm³/mol. The molecule has 0 aliphatic rings. The van der Waals surface area contributed by atoms with Gasteiger partial charge >= 0.3 is 6.30 Å². The summed E-state index contributed by atoms with van der Waals surface area (Å²) in [6, 6.07) is 9.55. The third-order valence-corrected chi connectivity index (χ3v) is 6.06. The molecule has 14 heavy (non-hydrogen) atoms. The summed E-state index contributed by atoms with van der Waals surface area (Å²) in [4.78, 5) is 0. The Balaban J connectivity index is 2.65. The lowest BCUT2D eigenvalue weighted by molar-refractivity contribution is 0.169. The van der Waals surface area contributed by atoms with Crippen LogP contribution in [0.2, 0.25) is 0 Å². The number of para-hydroxylation sites is 1. The van der Waals surface area contributed by atoms with E-state index in [-0.39, 0.29) is 0 Å². The van der Waals surface area contributed by atoms with Gasteiger partial charge in [-0.3, -0.25) is 0 Å². The fourth-order valence-electron chi connectivity index (χ4n) is 0.932. The van der Waals surface area contributed by atoms with E-state index in [9.17, 15) is 0 Å². The second-order valence-electron chi connectivity index (χ2n) is 2.53. The van der Waals surface area contributed by atoms with Crippen LogP contribution in [0.1, 0.15) is 6.92 Å². The fourth-order valence-corrected chi connectivity index (χ4v) is 3.65. The first-order chi connectivity index (χ1) is 6.70. The maximum absolute atomic E-state index is 5.67. The second kappa shape index (κ2) is 5.69. The van der Waals surface area contributed by atoms with Crippen LogP contribution in [-0.2, 0) is 8.85 Å². The third-order valence-electron chi connectivity index (χ3n) is 1.54. The maximum Gasteiger partial charge on any atom is 0.637 e. The van der Waals surface area contributed by atoms with Crippen LogP contribution in [0.25, 0.3) is 0 Å². The Hall–Kier alpha value is -0.113. The van der Waals surface area contributed by atoms with Gasteiger partial charge in [-0.15, -0.1) is 0 Å². The highest BCUT2D eigenvalue weighted by Gasteiger charge is 2.39. The summed E-state index contributed by atoms with van der Waals surface area (Å²) in [7, 11) is 1.61. The molecule has 0 bridgehead atoms. The van der Waals surface area contributed by atoms with Crippen molar-refractivity contribution in [2.75, 3.05) is 13.7 Å². The molecule has 0 aliphatic carbocycles. The number of rotatable bonds is 5. The molecule has 78 valence electrons. The van der Waals surface area contributed by atoms with Crippen molar-refractivity contribution >= 4 is 28.1 Å². The van der Waals surface area contributed by atoms with Gasteiger partial charge < -0.3 is 13.3 Å². The van der Waals surface area contributed by atoms with E-state index in [0.29, 0.717) is 6.61 Å². The normalized spacial score (nSPS) is 14.8. The molecular formula is C9H13IO3Si. The second-order valence-corrected chi connectivity index (χ2v) is 8.36. The van der Waals surface area contributed by atoms with E-state index in [1.54, 1.807) is 7.11 Å². The maximum atomic E-state index is 5.67. The van der Waals surface area contributed by atoms with Gasteiger partial charge in [0.25, 0.3) is 0 Å². The molecule has 0 amide bonds. The lowest BCUT2D eigenvalue weighted by atomic mass is 10.3. The Kier molecular flexibility index (Phi) is 4.86. The minimum Gasteiger partial charge on any atom is -0.494 e. The van der Waals surface area contributed by atoms with Gasteiger partial charge in [0.2, 0.25) is 0 Å². The molecule has 0 fully saturated rings. The van der Waals surface area contributed by atoms with Gasteiger partial charge in [0.15, 0.2) is 0 Å². The number of hydrogen-bond acceptors (Lipinski definition) is 3. The smallest absolute Gasteiger partial charge is 0.494 e. The van der Waals surface area contributed by atoms with Crippen molar-refractivity contribution in [3.05, 3.63) is 30.3 Å². The Morgan fingerprint density at radius 1 is 1.29 bits per heavy atom. The standard InChI is InChI=1S/C9H13IO3Si/c1-3-12-14(10,11-2)13-9-7-5-4-6-8-9/h4-8H,3H2,1-2H3. The van der Waals surface area contributed by atoms with E-state index >= 15 is 0 Å². The molecule has 0 aromatic heterocycles. The number of hydrogen-bond donors (Lipinski definition) is 0. The molecule has 0 heterocycles. The van der Waals surface area contributed by atoms with Crippen LogP contribution in [0.15, 0.2) is 30.3 Å². The Bertz CT molecular complexity index is 270. The Morgan fingerprint density at radius 3 is 2.43 bits per heavy atom. The summed E-state index contributed by atoms with van der Waals surface area (Å²) in [5, 5.41) is 0. The van der Waals surface area contributed by atoms with E-state index in [0.717, 1.165) is 5.75 Å². The summed E-state index contributed by atoms with van der Waals surface area (Å²) in [5.74, 6) is 0.781.